The van der Waals surface area contributed by atoms with Crippen LogP contribution < -0.4 is 10.1 Å². The van der Waals surface area contributed by atoms with Gasteiger partial charge in [-0.05, 0) is 87.0 Å². The van der Waals surface area contributed by atoms with Gasteiger partial charge in [0.2, 0.25) is 11.8 Å². The zero-order valence-corrected chi connectivity index (χ0v) is 22.2. The van der Waals surface area contributed by atoms with Gasteiger partial charge in [0.15, 0.2) is 0 Å². The molecule has 1 unspecified atom stereocenters. The number of benzene rings is 1. The number of hydrogen-bond acceptors (Lipinski definition) is 6. The number of nitrogens with one attached hydrogen (secondary N) is 1. The Morgan fingerprint density at radius 1 is 0.923 bits per heavy atom. The molecule has 8 nitrogen and oxygen atoms in total. The molecule has 3 heterocycles. The number of fused-ring (bicyclic) bond motifs is 1. The van der Waals surface area contributed by atoms with Gasteiger partial charge in [0.05, 0.1) is 6.10 Å². The first-order chi connectivity index (χ1) is 18.9. The van der Waals surface area contributed by atoms with Crippen molar-refractivity contribution in [1.29, 1.82) is 0 Å². The van der Waals surface area contributed by atoms with E-state index in [4.69, 9.17) is 9.47 Å². The number of amides is 3. The largest absolute Gasteiger partial charge is 0.489 e. The van der Waals surface area contributed by atoms with Crippen LogP contribution in [0, 0.1) is 11.8 Å². The third-order valence-electron chi connectivity index (χ3n) is 9.54. The van der Waals surface area contributed by atoms with Crippen molar-refractivity contribution >= 4 is 17.7 Å². The molecule has 0 radical (unpaired) electrons. The first-order valence-corrected chi connectivity index (χ1v) is 14.5. The van der Waals surface area contributed by atoms with Crippen molar-refractivity contribution in [2.75, 3.05) is 13.1 Å². The average Bonchev–Trinajstić information content (AvgIpc) is 3.20. The summed E-state index contributed by atoms with van der Waals surface area (Å²) in [5.74, 6) is 1.07. The summed E-state index contributed by atoms with van der Waals surface area (Å²) in [6.45, 7) is -0.265. The predicted molar refractivity (Wildman–Crippen MR) is 137 cm³/mol. The van der Waals surface area contributed by atoms with E-state index in [0.29, 0.717) is 36.4 Å². The number of hydrogen-bond donors (Lipinski definition) is 1. The molecular weight excluding hydrogens is 508 g/mol. The number of nitrogens with zero attached hydrogens (tertiary/aromatic N) is 2. The molecule has 1 N–H and O–H groups in total. The van der Waals surface area contributed by atoms with E-state index >= 15 is 0 Å². The number of carbonyl (C=O) groups is 3. The first-order valence-electron chi connectivity index (χ1n) is 14.5. The second-order valence-electron chi connectivity index (χ2n) is 11.9. The highest BCUT2D eigenvalue weighted by molar-refractivity contribution is 6.05. The van der Waals surface area contributed by atoms with Crippen molar-refractivity contribution in [3.63, 3.8) is 0 Å². The third kappa shape index (κ3) is 5.55. The number of ether oxygens (including phenoxy) is 2. The number of halogens is 2. The van der Waals surface area contributed by atoms with Gasteiger partial charge in [0, 0.05) is 37.7 Å². The summed E-state index contributed by atoms with van der Waals surface area (Å²) in [5.41, 5.74) is 1.44. The molecule has 212 valence electrons. The minimum absolute atomic E-state index is 0.0799. The summed E-state index contributed by atoms with van der Waals surface area (Å²) in [6.07, 6.45) is 8.13. The molecule has 2 aliphatic carbocycles. The molecule has 3 atom stereocenters. The highest BCUT2D eigenvalue weighted by atomic mass is 19.3. The number of carbonyl (C=O) groups excluding carboxylic acids is 3. The Hall–Kier alpha value is -2.59. The maximum Gasteiger partial charge on any atom is 0.345 e. The van der Waals surface area contributed by atoms with E-state index in [1.807, 2.05) is 12.1 Å². The quantitative estimate of drug-likeness (QED) is 0.524. The number of likely N-dealkylation sites (tertiary alicyclic amines) is 1. The highest BCUT2D eigenvalue weighted by Crippen LogP contribution is 2.40. The van der Waals surface area contributed by atoms with E-state index in [2.05, 4.69) is 10.2 Å². The van der Waals surface area contributed by atoms with Crippen molar-refractivity contribution < 1.29 is 32.6 Å². The zero-order valence-electron chi connectivity index (χ0n) is 22.2. The molecule has 6 rings (SSSR count). The zero-order chi connectivity index (χ0) is 27.1. The van der Waals surface area contributed by atoms with Crippen LogP contribution >= 0.6 is 0 Å². The first kappa shape index (κ1) is 26.6. The van der Waals surface area contributed by atoms with Gasteiger partial charge in [-0.2, -0.15) is 8.78 Å². The van der Waals surface area contributed by atoms with Crippen LogP contribution in [0.3, 0.4) is 0 Å². The molecule has 2 saturated carbocycles. The average molecular weight is 546 g/mol. The lowest BCUT2D eigenvalue weighted by molar-refractivity contribution is -0.174. The molecule has 1 aromatic carbocycles. The second-order valence-corrected chi connectivity index (χ2v) is 11.9. The topological polar surface area (TPSA) is 88.2 Å². The molecule has 0 spiro atoms. The van der Waals surface area contributed by atoms with Gasteiger partial charge in [-0.3, -0.25) is 24.6 Å². The molecular formula is C29H37F2N3O5. The van der Waals surface area contributed by atoms with Crippen LogP contribution in [-0.4, -0.2) is 71.5 Å². The summed E-state index contributed by atoms with van der Waals surface area (Å²) in [7, 11) is 0. The minimum Gasteiger partial charge on any atom is -0.489 e. The second kappa shape index (κ2) is 11.1. The van der Waals surface area contributed by atoms with Crippen molar-refractivity contribution in [2.24, 2.45) is 11.8 Å². The van der Waals surface area contributed by atoms with E-state index in [1.165, 1.54) is 6.42 Å². The Bertz CT molecular complexity index is 1100. The fourth-order valence-electron chi connectivity index (χ4n) is 7.39. The van der Waals surface area contributed by atoms with Crippen LogP contribution in [0.15, 0.2) is 18.2 Å². The Morgan fingerprint density at radius 3 is 2.44 bits per heavy atom. The molecule has 3 amide bonds. The smallest absolute Gasteiger partial charge is 0.345 e. The van der Waals surface area contributed by atoms with Crippen LogP contribution in [0.2, 0.25) is 0 Å². The maximum absolute atomic E-state index is 13.0. The number of alkyl halides is 2. The number of piperidine rings is 1. The Labute approximate surface area is 227 Å². The van der Waals surface area contributed by atoms with Gasteiger partial charge in [0.25, 0.3) is 5.91 Å². The summed E-state index contributed by atoms with van der Waals surface area (Å²) in [4.78, 5) is 41.0. The lowest BCUT2D eigenvalue weighted by Crippen LogP contribution is -2.59. The van der Waals surface area contributed by atoms with Gasteiger partial charge in [-0.25, -0.2) is 0 Å². The Kier molecular flexibility index (Phi) is 7.59. The standard InChI is InChI=1S/C29H37F2N3O5/c30-29(31)39-20-7-5-17(6-8-20)19-14-33(15-19)23-3-1-2-4-25(23)38-21-9-10-22-18(13-21)16-34(28(22)37)24-11-12-26(35)32-27(24)36/h9-10,13,17,19-20,23-25,29H,1-8,11-12,14-16H2,(H,32,35,36)/t17?,20?,23-,24?,25+/m1/s1. The summed E-state index contributed by atoms with van der Waals surface area (Å²) in [6, 6.07) is 5.31. The molecule has 0 aromatic heterocycles. The van der Waals surface area contributed by atoms with Crippen molar-refractivity contribution in [2.45, 2.75) is 102 Å². The van der Waals surface area contributed by atoms with Crippen molar-refractivity contribution in [3.8, 4) is 5.75 Å². The summed E-state index contributed by atoms with van der Waals surface area (Å²) in [5, 5.41) is 2.34. The third-order valence-corrected chi connectivity index (χ3v) is 9.54. The van der Waals surface area contributed by atoms with Crippen molar-refractivity contribution in [1.82, 2.24) is 15.1 Å². The van der Waals surface area contributed by atoms with E-state index in [0.717, 1.165) is 69.3 Å². The van der Waals surface area contributed by atoms with Gasteiger partial charge < -0.3 is 14.4 Å². The molecule has 10 heteroatoms. The van der Waals surface area contributed by atoms with E-state index in [1.54, 1.807) is 11.0 Å². The highest BCUT2D eigenvalue weighted by Gasteiger charge is 2.43. The lowest BCUT2D eigenvalue weighted by atomic mass is 9.74. The Balaban J connectivity index is 1.04. The van der Waals surface area contributed by atoms with E-state index in [-0.39, 0.29) is 30.4 Å². The van der Waals surface area contributed by atoms with Gasteiger partial charge in [-0.1, -0.05) is 6.42 Å². The summed E-state index contributed by atoms with van der Waals surface area (Å²) < 4.78 is 36.3. The van der Waals surface area contributed by atoms with Gasteiger partial charge in [0.1, 0.15) is 17.9 Å². The monoisotopic (exact) mass is 545 g/mol. The molecule has 1 aromatic rings. The van der Waals surface area contributed by atoms with Crippen LogP contribution in [0.4, 0.5) is 8.78 Å². The minimum atomic E-state index is -2.68. The van der Waals surface area contributed by atoms with E-state index in [9.17, 15) is 23.2 Å². The fraction of sp³-hybridized carbons (Fsp3) is 0.690. The SMILES string of the molecule is O=C1CCC(N2Cc3cc(O[C@H]4CCCC[C@H]4N4CC(C5CCC(OC(F)F)CC5)C4)ccc3C2=O)C(=O)N1. The molecule has 3 aliphatic heterocycles. The molecule has 5 aliphatic rings. The fourth-order valence-corrected chi connectivity index (χ4v) is 7.39. The lowest BCUT2D eigenvalue weighted by Gasteiger charge is -2.51. The molecule has 39 heavy (non-hydrogen) atoms. The normalized spacial score (nSPS) is 32.2. The Morgan fingerprint density at radius 2 is 1.69 bits per heavy atom. The van der Waals surface area contributed by atoms with E-state index < -0.39 is 18.6 Å². The van der Waals surface area contributed by atoms with Crippen LogP contribution in [0.1, 0.15) is 80.1 Å². The summed E-state index contributed by atoms with van der Waals surface area (Å²) >= 11 is 0. The number of rotatable bonds is 7. The van der Waals surface area contributed by atoms with Crippen LogP contribution in [0.25, 0.3) is 0 Å². The predicted octanol–water partition coefficient (Wildman–Crippen LogP) is 3.87. The maximum atomic E-state index is 13.0. The van der Waals surface area contributed by atoms with Crippen molar-refractivity contribution in [3.05, 3.63) is 29.3 Å². The molecule has 0 bridgehead atoms. The van der Waals surface area contributed by atoms with Crippen LogP contribution in [-0.2, 0) is 20.9 Å². The molecule has 4 fully saturated rings. The molecule has 2 saturated heterocycles. The number of imide groups is 1. The van der Waals surface area contributed by atoms with Crippen LogP contribution in [0.5, 0.6) is 5.75 Å². The van der Waals surface area contributed by atoms with Gasteiger partial charge >= 0.3 is 6.61 Å². The van der Waals surface area contributed by atoms with Gasteiger partial charge in [-0.15, -0.1) is 0 Å².